The summed E-state index contributed by atoms with van der Waals surface area (Å²) < 4.78 is 14.9. The van der Waals surface area contributed by atoms with Gasteiger partial charge in [0.1, 0.15) is 34.2 Å². The van der Waals surface area contributed by atoms with E-state index in [1.54, 1.807) is 29.5 Å². The quantitative estimate of drug-likeness (QED) is 0.0631. The number of ether oxygens (including phenoxy) is 2. The number of benzene rings is 3. The molecule has 3 aromatic carbocycles. The van der Waals surface area contributed by atoms with E-state index in [9.17, 15) is 19.2 Å². The van der Waals surface area contributed by atoms with Crippen LogP contribution in [-0.2, 0) is 19.1 Å². The van der Waals surface area contributed by atoms with Crippen molar-refractivity contribution in [3.05, 3.63) is 115 Å². The minimum Gasteiger partial charge on any atom is -0.494 e. The number of fused-ring (bicyclic) bond motifs is 4. The zero-order valence-corrected chi connectivity index (χ0v) is 36.7. The highest BCUT2D eigenvalue weighted by Gasteiger charge is 2.33. The Morgan fingerprint density at radius 3 is 2.46 bits per heavy atom. The molecule has 63 heavy (non-hydrogen) atoms. The maximum Gasteiger partial charge on any atom is 0.280 e. The lowest BCUT2D eigenvalue weighted by atomic mass is 9.99. The largest absolute Gasteiger partial charge is 0.494 e. The predicted octanol–water partition coefficient (Wildman–Crippen LogP) is 6.98. The van der Waals surface area contributed by atoms with Crippen LogP contribution in [0.2, 0.25) is 5.02 Å². The molecule has 2 aliphatic heterocycles. The first-order valence-corrected chi connectivity index (χ1v) is 22.2. The van der Waals surface area contributed by atoms with Gasteiger partial charge in [-0.05, 0) is 107 Å². The number of piperidine rings is 1. The molecule has 2 atom stereocenters. The van der Waals surface area contributed by atoms with Crippen LogP contribution in [-0.4, -0.2) is 79.6 Å². The van der Waals surface area contributed by atoms with E-state index in [0.29, 0.717) is 65.2 Å². The highest BCUT2D eigenvalue weighted by molar-refractivity contribution is 7.15. The van der Waals surface area contributed by atoms with Crippen LogP contribution in [0.15, 0.2) is 76.5 Å². The highest BCUT2D eigenvalue weighted by Crippen LogP contribution is 2.40. The average molecular weight is 891 g/mol. The molecule has 3 amide bonds. The molecular weight excluding hydrogens is 844 g/mol. The Morgan fingerprint density at radius 2 is 1.68 bits per heavy atom. The lowest BCUT2D eigenvalue weighted by Gasteiger charge is -2.21. The molecule has 2 aliphatic rings. The molecule has 1 fully saturated rings. The van der Waals surface area contributed by atoms with Gasteiger partial charge in [0, 0.05) is 58.6 Å². The summed E-state index contributed by atoms with van der Waals surface area (Å²) in [5.74, 6) is 0.943. The molecule has 1 saturated heterocycles. The monoisotopic (exact) mass is 890 g/mol. The maximum atomic E-state index is 13.5. The number of thiophene rings is 1. The predicted molar refractivity (Wildman–Crippen MR) is 241 cm³/mol. The standard InChI is InChI=1S/C45H47ClN10O6S/c1-26-27(2)63-45-39(26)41(29-11-13-30(46)14-12-29)49-35(42-53-51-28(3)55(42)45)25-38(58)48-31-15-17-32(18-16-31)62-24-7-6-23-61-22-5-4-21-47-33-9-8-10-34-40(33)44(60)56(54-52-34)36-19-20-37(57)50-43(36)59/h8-18,35-36,47H,4-7,19-25H2,1-3H3,(H,48,58)(H,50,57,59). The number of rotatable bonds is 17. The van der Waals surface area contributed by atoms with Crippen molar-refractivity contribution in [1.82, 2.24) is 35.1 Å². The van der Waals surface area contributed by atoms with Gasteiger partial charge >= 0.3 is 0 Å². The van der Waals surface area contributed by atoms with Crippen LogP contribution in [0.25, 0.3) is 15.9 Å². The number of carbonyl (C=O) groups excluding carboxylic acids is 3. The number of aromatic nitrogens is 6. The number of imide groups is 1. The second-order valence-electron chi connectivity index (χ2n) is 15.5. The van der Waals surface area contributed by atoms with Crippen molar-refractivity contribution in [3.8, 4) is 10.8 Å². The number of nitrogens with zero attached hydrogens (tertiary/aromatic N) is 7. The number of carbonyl (C=O) groups is 3. The highest BCUT2D eigenvalue weighted by atomic mass is 35.5. The van der Waals surface area contributed by atoms with Crippen LogP contribution in [0.1, 0.15) is 90.2 Å². The van der Waals surface area contributed by atoms with Crippen LogP contribution in [0.5, 0.6) is 5.75 Å². The second kappa shape index (κ2) is 19.4. The Kier molecular flexibility index (Phi) is 13.3. The molecule has 3 N–H and O–H groups in total. The van der Waals surface area contributed by atoms with Gasteiger partial charge in [0.2, 0.25) is 11.8 Å². The number of anilines is 2. The first kappa shape index (κ1) is 43.4. The van der Waals surface area contributed by atoms with Gasteiger partial charge in [0.15, 0.2) is 5.82 Å². The number of hydrogen-bond acceptors (Lipinski definition) is 13. The van der Waals surface area contributed by atoms with Crippen LogP contribution in [0.3, 0.4) is 0 Å². The molecule has 5 heterocycles. The summed E-state index contributed by atoms with van der Waals surface area (Å²) in [6, 6.07) is 18.8. The molecule has 6 aromatic rings. The molecule has 18 heteroatoms. The van der Waals surface area contributed by atoms with E-state index in [1.807, 2.05) is 60.0 Å². The molecule has 0 spiro atoms. The van der Waals surface area contributed by atoms with Gasteiger partial charge in [-0.2, -0.15) is 4.68 Å². The third-order valence-corrected chi connectivity index (χ3v) is 12.5. The molecule has 3 aromatic heterocycles. The lowest BCUT2D eigenvalue weighted by molar-refractivity contribution is -0.136. The number of unbranched alkanes of at least 4 members (excludes halogenated alkanes) is 2. The molecule has 0 aliphatic carbocycles. The van der Waals surface area contributed by atoms with Gasteiger partial charge in [-0.1, -0.05) is 35.0 Å². The Bertz CT molecular complexity index is 2750. The van der Waals surface area contributed by atoms with Crippen LogP contribution in [0.4, 0.5) is 11.4 Å². The van der Waals surface area contributed by atoms with E-state index < -0.39 is 23.6 Å². The molecule has 0 radical (unpaired) electrons. The van der Waals surface area contributed by atoms with Crippen molar-refractivity contribution in [3.63, 3.8) is 0 Å². The van der Waals surface area contributed by atoms with E-state index in [4.69, 9.17) is 26.1 Å². The smallest absolute Gasteiger partial charge is 0.280 e. The van der Waals surface area contributed by atoms with Crippen molar-refractivity contribution in [2.75, 3.05) is 37.0 Å². The van der Waals surface area contributed by atoms with Crippen LogP contribution < -0.4 is 26.2 Å². The fourth-order valence-corrected chi connectivity index (χ4v) is 9.01. The molecule has 8 rings (SSSR count). The third-order valence-electron chi connectivity index (χ3n) is 11.1. The summed E-state index contributed by atoms with van der Waals surface area (Å²) in [6.45, 7) is 8.46. The summed E-state index contributed by atoms with van der Waals surface area (Å²) in [7, 11) is 0. The molecule has 2 unspecified atom stereocenters. The van der Waals surface area contributed by atoms with Crippen molar-refractivity contribution in [2.45, 2.75) is 77.8 Å². The van der Waals surface area contributed by atoms with Crippen molar-refractivity contribution in [2.24, 2.45) is 4.99 Å². The average Bonchev–Trinajstić information content (AvgIpc) is 3.75. The summed E-state index contributed by atoms with van der Waals surface area (Å²) in [5, 5.41) is 27.6. The number of nitrogens with one attached hydrogen (secondary N) is 3. The van der Waals surface area contributed by atoms with E-state index in [0.717, 1.165) is 63.6 Å². The Balaban J connectivity index is 0.758. The van der Waals surface area contributed by atoms with Gasteiger partial charge in [-0.3, -0.25) is 34.1 Å². The minimum atomic E-state index is -0.880. The molecule has 0 bridgehead atoms. The van der Waals surface area contributed by atoms with E-state index >= 15 is 0 Å². The molecule has 326 valence electrons. The van der Waals surface area contributed by atoms with Crippen LogP contribution in [0, 0.1) is 20.8 Å². The molecule has 16 nitrogen and oxygen atoms in total. The fraction of sp³-hybridized carbons (Fsp3) is 0.356. The zero-order chi connectivity index (χ0) is 44.0. The second-order valence-corrected chi connectivity index (χ2v) is 17.1. The summed E-state index contributed by atoms with van der Waals surface area (Å²) in [4.78, 5) is 57.2. The zero-order valence-electron chi connectivity index (χ0n) is 35.1. The van der Waals surface area contributed by atoms with Gasteiger partial charge < -0.3 is 20.1 Å². The van der Waals surface area contributed by atoms with Gasteiger partial charge in [0.25, 0.3) is 11.5 Å². The third kappa shape index (κ3) is 9.70. The van der Waals surface area contributed by atoms with Crippen molar-refractivity contribution < 1.29 is 23.9 Å². The van der Waals surface area contributed by atoms with Crippen LogP contribution >= 0.6 is 22.9 Å². The van der Waals surface area contributed by atoms with Gasteiger partial charge in [-0.15, -0.1) is 26.6 Å². The Labute approximate surface area is 372 Å². The number of hydrogen-bond donors (Lipinski definition) is 3. The van der Waals surface area contributed by atoms with Gasteiger partial charge in [-0.25, -0.2) is 0 Å². The first-order chi connectivity index (χ1) is 30.5. The number of aryl methyl sites for hydroxylation is 2. The normalized spacial score (nSPS) is 15.9. The lowest BCUT2D eigenvalue weighted by Crippen LogP contribution is -2.45. The summed E-state index contributed by atoms with van der Waals surface area (Å²) >= 11 is 7.91. The first-order valence-electron chi connectivity index (χ1n) is 21.0. The van der Waals surface area contributed by atoms with E-state index in [1.165, 1.54) is 4.88 Å². The fourth-order valence-electron chi connectivity index (χ4n) is 7.67. The van der Waals surface area contributed by atoms with Crippen molar-refractivity contribution in [1.29, 1.82) is 0 Å². The van der Waals surface area contributed by atoms with E-state index in [2.05, 4.69) is 50.3 Å². The Hall–Kier alpha value is -6.30. The number of amides is 3. The topological polar surface area (TPSA) is 197 Å². The SMILES string of the molecule is Cc1sc2c(c1C)C(c1ccc(Cl)cc1)=NC(CC(=O)Nc1ccc(OCCCCOCCCCNc3cccc4nnn(C5CCC(=O)NC5=O)c(=O)c34)cc1)c1nnc(C)n1-2. The summed E-state index contributed by atoms with van der Waals surface area (Å²) in [6.07, 6.45) is 3.69. The number of aliphatic imine (C=N–C) groups is 1. The minimum absolute atomic E-state index is 0.0690. The summed E-state index contributed by atoms with van der Waals surface area (Å²) in [5.41, 5.74) is 5.10. The molecular formula is C45H47ClN10O6S. The molecule has 0 saturated carbocycles. The Morgan fingerprint density at radius 1 is 0.921 bits per heavy atom. The van der Waals surface area contributed by atoms with E-state index in [-0.39, 0.29) is 31.1 Å². The van der Waals surface area contributed by atoms with Gasteiger partial charge in [0.05, 0.1) is 24.1 Å². The maximum absolute atomic E-state index is 13.5. The van der Waals surface area contributed by atoms with Crippen molar-refractivity contribution >= 4 is 68.6 Å². The number of halogens is 1.